The summed E-state index contributed by atoms with van der Waals surface area (Å²) in [5, 5.41) is 12.8. The van der Waals surface area contributed by atoms with Gasteiger partial charge in [0.1, 0.15) is 0 Å². The van der Waals surface area contributed by atoms with E-state index >= 15 is 0 Å². The molecular formula is C15H28N2O2. The molecule has 0 aromatic heterocycles. The number of carbonyl (C=O) groups excluding carboxylic acids is 1. The van der Waals surface area contributed by atoms with Crippen LogP contribution in [0.15, 0.2) is 0 Å². The molecule has 2 unspecified atom stereocenters. The Morgan fingerprint density at radius 2 is 1.89 bits per heavy atom. The van der Waals surface area contributed by atoms with Crippen LogP contribution in [0.25, 0.3) is 0 Å². The Morgan fingerprint density at radius 3 is 2.58 bits per heavy atom. The van der Waals surface area contributed by atoms with Crippen LogP contribution in [0.1, 0.15) is 64.7 Å². The van der Waals surface area contributed by atoms with Gasteiger partial charge < -0.3 is 15.3 Å². The van der Waals surface area contributed by atoms with Crippen molar-refractivity contribution in [2.45, 2.75) is 82.9 Å². The molecule has 0 aromatic carbocycles. The number of carbonyl (C=O) groups is 1. The topological polar surface area (TPSA) is 52.6 Å². The Labute approximate surface area is 116 Å². The van der Waals surface area contributed by atoms with Crippen LogP contribution in [0.4, 0.5) is 4.79 Å². The molecule has 2 rings (SSSR count). The standard InChI is InChI=1S/C15H28N2O2/c1-12(18)11-14-9-5-6-10-17(14)15(19)16-13-7-3-2-4-8-13/h12-14,18H,2-11H2,1H3,(H,16,19). The molecule has 2 aliphatic rings. The number of piperidine rings is 1. The zero-order valence-electron chi connectivity index (χ0n) is 12.1. The lowest BCUT2D eigenvalue weighted by atomic mass is 9.95. The first kappa shape index (κ1) is 14.6. The Morgan fingerprint density at radius 1 is 1.21 bits per heavy atom. The van der Waals surface area contributed by atoms with Crippen molar-refractivity contribution < 1.29 is 9.90 Å². The van der Waals surface area contributed by atoms with Crippen molar-refractivity contribution in [2.24, 2.45) is 0 Å². The maximum Gasteiger partial charge on any atom is 0.317 e. The lowest BCUT2D eigenvalue weighted by molar-refractivity contribution is 0.100. The third kappa shape index (κ3) is 4.37. The summed E-state index contributed by atoms with van der Waals surface area (Å²) in [4.78, 5) is 14.4. The van der Waals surface area contributed by atoms with Gasteiger partial charge in [-0.25, -0.2) is 4.79 Å². The molecule has 0 spiro atoms. The SMILES string of the molecule is CC(O)CC1CCCCN1C(=O)NC1CCCCC1. The predicted molar refractivity (Wildman–Crippen MR) is 76.0 cm³/mol. The number of aliphatic hydroxyl groups excluding tert-OH is 1. The van der Waals surface area contributed by atoms with E-state index in [1.165, 1.54) is 25.7 Å². The summed E-state index contributed by atoms with van der Waals surface area (Å²) in [5.41, 5.74) is 0. The fraction of sp³-hybridized carbons (Fsp3) is 0.933. The quantitative estimate of drug-likeness (QED) is 0.827. The van der Waals surface area contributed by atoms with Crippen LogP contribution in [-0.4, -0.2) is 40.8 Å². The Kier molecular flexibility index (Phi) is 5.49. The van der Waals surface area contributed by atoms with Gasteiger partial charge >= 0.3 is 6.03 Å². The number of hydrogen-bond acceptors (Lipinski definition) is 2. The van der Waals surface area contributed by atoms with Crippen molar-refractivity contribution >= 4 is 6.03 Å². The molecule has 0 radical (unpaired) electrons. The van der Waals surface area contributed by atoms with Gasteiger partial charge in [0, 0.05) is 18.6 Å². The monoisotopic (exact) mass is 268 g/mol. The summed E-state index contributed by atoms with van der Waals surface area (Å²) in [6, 6.07) is 0.685. The van der Waals surface area contributed by atoms with Gasteiger partial charge in [-0.15, -0.1) is 0 Å². The first-order valence-electron chi connectivity index (χ1n) is 7.92. The normalized spacial score (nSPS) is 27.1. The van der Waals surface area contributed by atoms with Crippen molar-refractivity contribution in [3.8, 4) is 0 Å². The molecule has 2 amide bonds. The Bertz CT molecular complexity index is 288. The molecule has 110 valence electrons. The third-order valence-electron chi connectivity index (χ3n) is 4.43. The number of urea groups is 1. The van der Waals surface area contributed by atoms with Crippen molar-refractivity contribution in [1.29, 1.82) is 0 Å². The molecule has 0 aromatic rings. The fourth-order valence-electron chi connectivity index (χ4n) is 3.41. The first-order valence-corrected chi connectivity index (χ1v) is 7.92. The number of hydrogen-bond donors (Lipinski definition) is 2. The lowest BCUT2D eigenvalue weighted by Crippen LogP contribution is -2.52. The van der Waals surface area contributed by atoms with E-state index in [-0.39, 0.29) is 18.2 Å². The number of nitrogens with zero attached hydrogens (tertiary/aromatic N) is 1. The van der Waals surface area contributed by atoms with Gasteiger partial charge in [0.2, 0.25) is 0 Å². The van der Waals surface area contributed by atoms with Crippen LogP contribution < -0.4 is 5.32 Å². The second-order valence-corrected chi connectivity index (χ2v) is 6.21. The number of rotatable bonds is 3. The van der Waals surface area contributed by atoms with Crippen LogP contribution in [0.2, 0.25) is 0 Å². The van der Waals surface area contributed by atoms with Crippen LogP contribution in [0, 0.1) is 0 Å². The van der Waals surface area contributed by atoms with E-state index in [0.717, 1.165) is 32.2 Å². The number of nitrogens with one attached hydrogen (secondary N) is 1. The zero-order chi connectivity index (χ0) is 13.7. The highest BCUT2D eigenvalue weighted by atomic mass is 16.3. The van der Waals surface area contributed by atoms with Gasteiger partial charge in [-0.3, -0.25) is 0 Å². The second kappa shape index (κ2) is 7.13. The number of aliphatic hydroxyl groups is 1. The van der Waals surface area contributed by atoms with Crippen LogP contribution >= 0.6 is 0 Å². The highest BCUT2D eigenvalue weighted by molar-refractivity contribution is 5.75. The number of likely N-dealkylation sites (tertiary alicyclic amines) is 1. The van der Waals surface area contributed by atoms with Crippen molar-refractivity contribution in [3.63, 3.8) is 0 Å². The molecule has 1 aliphatic carbocycles. The van der Waals surface area contributed by atoms with Gasteiger partial charge in [0.25, 0.3) is 0 Å². The maximum absolute atomic E-state index is 12.4. The van der Waals surface area contributed by atoms with Gasteiger partial charge in [0.15, 0.2) is 0 Å². The molecular weight excluding hydrogens is 240 g/mol. The molecule has 1 saturated heterocycles. The van der Waals surface area contributed by atoms with E-state index in [2.05, 4.69) is 5.32 Å². The lowest BCUT2D eigenvalue weighted by Gasteiger charge is -2.37. The van der Waals surface area contributed by atoms with Crippen LogP contribution in [0.5, 0.6) is 0 Å². The van der Waals surface area contributed by atoms with E-state index in [1.807, 2.05) is 11.8 Å². The first-order chi connectivity index (χ1) is 9.16. The van der Waals surface area contributed by atoms with Gasteiger partial charge in [-0.1, -0.05) is 19.3 Å². The molecule has 2 N–H and O–H groups in total. The van der Waals surface area contributed by atoms with Gasteiger partial charge in [-0.2, -0.15) is 0 Å². The minimum atomic E-state index is -0.326. The van der Waals surface area contributed by atoms with E-state index < -0.39 is 0 Å². The summed E-state index contributed by atoms with van der Waals surface area (Å²) in [6.45, 7) is 2.65. The van der Waals surface area contributed by atoms with Gasteiger partial charge in [0.05, 0.1) is 6.10 Å². The molecule has 0 bridgehead atoms. The smallest absolute Gasteiger partial charge is 0.317 e. The molecule has 1 saturated carbocycles. The molecule has 4 heteroatoms. The highest BCUT2D eigenvalue weighted by Crippen LogP contribution is 2.22. The summed E-state index contributed by atoms with van der Waals surface area (Å²) in [6.07, 6.45) is 9.71. The van der Waals surface area contributed by atoms with E-state index in [9.17, 15) is 9.90 Å². The van der Waals surface area contributed by atoms with Crippen molar-refractivity contribution in [1.82, 2.24) is 10.2 Å². The molecule has 4 nitrogen and oxygen atoms in total. The predicted octanol–water partition coefficient (Wildman–Crippen LogP) is 2.65. The third-order valence-corrected chi connectivity index (χ3v) is 4.43. The van der Waals surface area contributed by atoms with E-state index in [0.29, 0.717) is 12.5 Å². The summed E-state index contributed by atoms with van der Waals surface area (Å²) >= 11 is 0. The van der Waals surface area contributed by atoms with Crippen LogP contribution in [-0.2, 0) is 0 Å². The average Bonchev–Trinajstić information content (AvgIpc) is 2.39. The Hall–Kier alpha value is -0.770. The van der Waals surface area contributed by atoms with Crippen molar-refractivity contribution in [3.05, 3.63) is 0 Å². The van der Waals surface area contributed by atoms with E-state index in [4.69, 9.17) is 0 Å². The van der Waals surface area contributed by atoms with Crippen molar-refractivity contribution in [2.75, 3.05) is 6.54 Å². The zero-order valence-corrected chi connectivity index (χ0v) is 12.1. The highest BCUT2D eigenvalue weighted by Gasteiger charge is 2.28. The average molecular weight is 268 g/mol. The van der Waals surface area contributed by atoms with Crippen LogP contribution in [0.3, 0.4) is 0 Å². The largest absolute Gasteiger partial charge is 0.393 e. The Balaban J connectivity index is 1.87. The summed E-state index contributed by atoms with van der Waals surface area (Å²) in [7, 11) is 0. The second-order valence-electron chi connectivity index (χ2n) is 6.21. The molecule has 19 heavy (non-hydrogen) atoms. The molecule has 1 aliphatic heterocycles. The molecule has 2 atom stereocenters. The fourth-order valence-corrected chi connectivity index (χ4v) is 3.41. The minimum Gasteiger partial charge on any atom is -0.393 e. The van der Waals surface area contributed by atoms with E-state index in [1.54, 1.807) is 0 Å². The summed E-state index contributed by atoms with van der Waals surface area (Å²) in [5.74, 6) is 0. The molecule has 1 heterocycles. The molecule has 2 fully saturated rings. The summed E-state index contributed by atoms with van der Waals surface area (Å²) < 4.78 is 0. The maximum atomic E-state index is 12.4. The van der Waals surface area contributed by atoms with Gasteiger partial charge in [-0.05, 0) is 45.4 Å². The number of amides is 2. The minimum absolute atomic E-state index is 0.0947.